The largest absolute Gasteiger partial charge is 0.495 e. The van der Waals surface area contributed by atoms with Gasteiger partial charge in [0.05, 0.1) is 11.8 Å². The molecule has 0 N–H and O–H groups in total. The topological polar surface area (TPSA) is 9.23 Å². The van der Waals surface area contributed by atoms with Crippen molar-refractivity contribution in [2.45, 2.75) is 4.90 Å². The van der Waals surface area contributed by atoms with Crippen LogP contribution in [-0.4, -0.2) is 7.11 Å². The van der Waals surface area contributed by atoms with Crippen molar-refractivity contribution >= 4 is 34.1 Å². The number of hydrogen-bond donors (Lipinski definition) is 1. The normalized spacial score (nSPS) is 10.7. The Labute approximate surface area is 84.6 Å². The number of fused-ring (bicyclic) bond motifs is 1. The number of hydrogen-bond acceptors (Lipinski definition) is 3. The van der Waals surface area contributed by atoms with Crippen LogP contribution in [0, 0.1) is 5.13 Å². The number of halogens is 1. The molecule has 0 aliphatic rings. The molecule has 0 amide bonds. The number of thiol groups is 1. The summed E-state index contributed by atoms with van der Waals surface area (Å²) in [6.45, 7) is 0. The van der Waals surface area contributed by atoms with E-state index in [0.717, 1.165) is 26.3 Å². The summed E-state index contributed by atoms with van der Waals surface area (Å²) in [7, 11) is 1.57. The molecule has 0 radical (unpaired) electrons. The van der Waals surface area contributed by atoms with Gasteiger partial charge < -0.3 is 4.74 Å². The summed E-state index contributed by atoms with van der Waals surface area (Å²) < 4.78 is 18.9. The Morgan fingerprint density at radius 1 is 1.38 bits per heavy atom. The molecule has 1 heterocycles. The lowest BCUT2D eigenvalue weighted by molar-refractivity contribution is 0.419. The van der Waals surface area contributed by atoms with Crippen molar-refractivity contribution in [3.63, 3.8) is 0 Å². The molecular weight excluding hydrogens is 207 g/mol. The fourth-order valence-corrected chi connectivity index (χ4v) is 2.34. The second kappa shape index (κ2) is 3.20. The lowest BCUT2D eigenvalue weighted by Crippen LogP contribution is -1.82. The maximum absolute atomic E-state index is 12.9. The molecule has 0 spiro atoms. The molecule has 2 rings (SSSR count). The Balaban J connectivity index is 2.80. The third-order valence-corrected chi connectivity index (χ3v) is 2.97. The first-order valence-corrected chi connectivity index (χ1v) is 4.93. The van der Waals surface area contributed by atoms with Crippen molar-refractivity contribution in [2.75, 3.05) is 7.11 Å². The molecule has 0 saturated heterocycles. The fourth-order valence-electron chi connectivity index (χ4n) is 1.23. The van der Waals surface area contributed by atoms with E-state index in [2.05, 4.69) is 12.6 Å². The zero-order valence-corrected chi connectivity index (χ0v) is 8.58. The summed E-state index contributed by atoms with van der Waals surface area (Å²) in [6, 6.07) is 5.09. The SMILES string of the molecule is COc1cc(S)cc2cc(F)sc12. The average Bonchev–Trinajstić information content (AvgIpc) is 2.43. The molecule has 1 aromatic heterocycles. The van der Waals surface area contributed by atoms with E-state index >= 15 is 0 Å². The number of ether oxygens (including phenoxy) is 1. The van der Waals surface area contributed by atoms with Crippen LogP contribution >= 0.6 is 24.0 Å². The Hall–Kier alpha value is -0.740. The first kappa shape index (κ1) is 8.84. The second-order valence-corrected chi connectivity index (χ2v) is 4.14. The van der Waals surface area contributed by atoms with Gasteiger partial charge in [-0.15, -0.1) is 24.0 Å². The van der Waals surface area contributed by atoms with Crippen molar-refractivity contribution < 1.29 is 9.13 Å². The Morgan fingerprint density at radius 2 is 2.15 bits per heavy atom. The highest BCUT2D eigenvalue weighted by Crippen LogP contribution is 2.34. The summed E-state index contributed by atoms with van der Waals surface area (Å²) in [5.41, 5.74) is 0. The van der Waals surface area contributed by atoms with Gasteiger partial charge in [-0.3, -0.25) is 0 Å². The highest BCUT2D eigenvalue weighted by molar-refractivity contribution is 7.80. The van der Waals surface area contributed by atoms with Crippen molar-refractivity contribution in [2.24, 2.45) is 0 Å². The molecule has 0 atom stereocenters. The highest BCUT2D eigenvalue weighted by atomic mass is 32.1. The van der Waals surface area contributed by atoms with Crippen molar-refractivity contribution in [1.29, 1.82) is 0 Å². The quantitative estimate of drug-likeness (QED) is 0.716. The van der Waals surface area contributed by atoms with Crippen LogP contribution in [0.4, 0.5) is 4.39 Å². The molecule has 0 unspecified atom stereocenters. The first-order valence-electron chi connectivity index (χ1n) is 3.67. The number of benzene rings is 1. The van der Waals surface area contributed by atoms with E-state index in [4.69, 9.17) is 4.74 Å². The molecule has 1 aromatic carbocycles. The van der Waals surface area contributed by atoms with E-state index in [9.17, 15) is 4.39 Å². The van der Waals surface area contributed by atoms with Crippen molar-refractivity contribution in [3.05, 3.63) is 23.3 Å². The predicted octanol–water partition coefficient (Wildman–Crippen LogP) is 3.34. The zero-order chi connectivity index (χ0) is 9.42. The maximum atomic E-state index is 12.9. The summed E-state index contributed by atoms with van der Waals surface area (Å²) in [6.07, 6.45) is 0. The minimum absolute atomic E-state index is 0.202. The van der Waals surface area contributed by atoms with Crippen molar-refractivity contribution in [1.82, 2.24) is 0 Å². The summed E-state index contributed by atoms with van der Waals surface area (Å²) in [5.74, 6) is 0.677. The molecular formula is C9H7FOS2. The van der Waals surface area contributed by atoms with E-state index in [1.165, 1.54) is 6.07 Å². The zero-order valence-electron chi connectivity index (χ0n) is 6.87. The summed E-state index contributed by atoms with van der Waals surface area (Å²) in [5, 5.41) is 0.638. The van der Waals surface area contributed by atoms with Gasteiger partial charge in [-0.1, -0.05) is 0 Å². The molecule has 68 valence electrons. The smallest absolute Gasteiger partial charge is 0.177 e. The molecule has 0 aliphatic carbocycles. The molecule has 2 aromatic rings. The van der Waals surface area contributed by atoms with Gasteiger partial charge in [0, 0.05) is 10.3 Å². The van der Waals surface area contributed by atoms with E-state index in [-0.39, 0.29) is 5.13 Å². The summed E-state index contributed by atoms with van der Waals surface area (Å²) in [4.78, 5) is 0.780. The monoisotopic (exact) mass is 214 g/mol. The third kappa shape index (κ3) is 1.51. The Morgan fingerprint density at radius 3 is 2.85 bits per heavy atom. The van der Waals surface area contributed by atoms with Crippen LogP contribution < -0.4 is 4.74 Å². The molecule has 0 saturated carbocycles. The van der Waals surface area contributed by atoms with Crippen LogP contribution in [0.15, 0.2) is 23.1 Å². The fraction of sp³-hybridized carbons (Fsp3) is 0.111. The number of thiophene rings is 1. The van der Waals surface area contributed by atoms with Gasteiger partial charge in [-0.2, -0.15) is 4.39 Å². The van der Waals surface area contributed by atoms with Gasteiger partial charge in [0.15, 0.2) is 5.13 Å². The van der Waals surface area contributed by atoms with Gasteiger partial charge in [0.25, 0.3) is 0 Å². The van der Waals surface area contributed by atoms with Gasteiger partial charge >= 0.3 is 0 Å². The maximum Gasteiger partial charge on any atom is 0.177 e. The van der Waals surface area contributed by atoms with E-state index < -0.39 is 0 Å². The first-order chi connectivity index (χ1) is 6.20. The Bertz CT molecular complexity index is 450. The Kier molecular flexibility index (Phi) is 2.17. The van der Waals surface area contributed by atoms with Crippen molar-refractivity contribution in [3.8, 4) is 5.75 Å². The van der Waals surface area contributed by atoms with Crippen LogP contribution in [0.2, 0.25) is 0 Å². The molecule has 1 nitrogen and oxygen atoms in total. The van der Waals surface area contributed by atoms with E-state index in [1.54, 1.807) is 13.2 Å². The third-order valence-electron chi connectivity index (χ3n) is 1.76. The molecule has 0 aliphatic heterocycles. The minimum Gasteiger partial charge on any atom is -0.495 e. The second-order valence-electron chi connectivity index (χ2n) is 2.62. The van der Waals surface area contributed by atoms with Gasteiger partial charge in [-0.05, 0) is 18.2 Å². The lowest BCUT2D eigenvalue weighted by atomic mass is 10.2. The summed E-state index contributed by atoms with van der Waals surface area (Å²) >= 11 is 5.28. The van der Waals surface area contributed by atoms with Crippen LogP contribution in [-0.2, 0) is 0 Å². The highest BCUT2D eigenvalue weighted by Gasteiger charge is 2.07. The molecule has 4 heteroatoms. The predicted molar refractivity (Wildman–Crippen MR) is 55.6 cm³/mol. The molecule has 0 bridgehead atoms. The minimum atomic E-state index is -0.202. The number of methoxy groups -OCH3 is 1. The van der Waals surface area contributed by atoms with E-state index in [0.29, 0.717) is 5.75 Å². The molecule has 0 fully saturated rings. The van der Waals surface area contributed by atoms with Gasteiger partial charge in [0.1, 0.15) is 5.75 Å². The molecule has 13 heavy (non-hydrogen) atoms. The van der Waals surface area contributed by atoms with Crippen LogP contribution in [0.1, 0.15) is 0 Å². The van der Waals surface area contributed by atoms with Crippen LogP contribution in [0.25, 0.3) is 10.1 Å². The van der Waals surface area contributed by atoms with E-state index in [1.807, 2.05) is 6.07 Å². The van der Waals surface area contributed by atoms with Gasteiger partial charge in [-0.25, -0.2) is 0 Å². The number of rotatable bonds is 1. The van der Waals surface area contributed by atoms with Crippen LogP contribution in [0.5, 0.6) is 5.75 Å². The standard InChI is InChI=1S/C9H7FOS2/c1-11-7-4-6(12)2-5-3-8(10)13-9(5)7/h2-4,12H,1H3. The average molecular weight is 214 g/mol. The lowest BCUT2D eigenvalue weighted by Gasteiger charge is -2.01. The van der Waals surface area contributed by atoms with Gasteiger partial charge in [0.2, 0.25) is 0 Å². The van der Waals surface area contributed by atoms with Crippen LogP contribution in [0.3, 0.4) is 0 Å².